The number of aromatic hydroxyl groups is 2. The second-order valence-electron chi connectivity index (χ2n) is 12.8. The van der Waals surface area contributed by atoms with E-state index in [-0.39, 0.29) is 21.8 Å². The molecule has 9 N–H and O–H groups in total. The van der Waals surface area contributed by atoms with Gasteiger partial charge in [0, 0.05) is 21.8 Å². The van der Waals surface area contributed by atoms with Crippen molar-refractivity contribution in [3.8, 4) is 11.5 Å². The second-order valence-corrected chi connectivity index (χ2v) is 21.8. The van der Waals surface area contributed by atoms with E-state index in [1.54, 1.807) is 0 Å². The number of benzene rings is 5. The average molecular weight is 1040 g/mol. The van der Waals surface area contributed by atoms with Gasteiger partial charge in [-0.3, -0.25) is 22.8 Å². The van der Waals surface area contributed by atoms with E-state index in [0.717, 1.165) is 42.5 Å². The molecule has 0 aliphatic carbocycles. The third-order valence-electron chi connectivity index (χ3n) is 8.45. The van der Waals surface area contributed by atoms with Crippen molar-refractivity contribution in [2.45, 2.75) is 24.5 Å². The third-order valence-corrected chi connectivity index (χ3v) is 14.3. The molecule has 0 amide bonds. The van der Waals surface area contributed by atoms with Crippen molar-refractivity contribution in [2.24, 2.45) is 10.2 Å². The number of hydrogen-bond acceptors (Lipinski definition) is 22. The zero-order chi connectivity index (χ0) is 48.2. The molecule has 0 saturated carbocycles. The Morgan fingerprint density at radius 1 is 0.600 bits per heavy atom. The van der Waals surface area contributed by atoms with Gasteiger partial charge < -0.3 is 20.8 Å². The van der Waals surface area contributed by atoms with Crippen molar-refractivity contribution in [3.63, 3.8) is 0 Å². The number of fused-ring (bicyclic) bond motifs is 2. The Kier molecular flexibility index (Phi) is 12.9. The summed E-state index contributed by atoms with van der Waals surface area (Å²) in [5.74, 6) is -4.46. The van der Waals surface area contributed by atoms with Crippen molar-refractivity contribution < 1.29 is 87.7 Å². The van der Waals surface area contributed by atoms with Crippen LogP contribution in [0.1, 0.15) is 0 Å². The Morgan fingerprint density at radius 2 is 1.22 bits per heavy atom. The van der Waals surface area contributed by atoms with E-state index in [4.69, 9.17) is 16.2 Å². The molecule has 0 spiro atoms. The van der Waals surface area contributed by atoms with Gasteiger partial charge in [0.25, 0.3) is 40.5 Å². The molecule has 34 heteroatoms. The lowest BCUT2D eigenvalue weighted by atomic mass is 10.1. The van der Waals surface area contributed by atoms with Crippen molar-refractivity contribution in [1.82, 2.24) is 15.0 Å². The normalized spacial score (nSPS) is 13.1. The topological polar surface area (TPSA) is 443 Å². The number of rotatable bonds is 15. The van der Waals surface area contributed by atoms with Crippen molar-refractivity contribution in [2.75, 3.05) is 23.0 Å². The summed E-state index contributed by atoms with van der Waals surface area (Å²) in [6.45, 7) is -1.14. The lowest BCUT2D eigenvalue weighted by Gasteiger charge is -2.14. The highest BCUT2D eigenvalue weighted by molar-refractivity contribution is 7.91. The van der Waals surface area contributed by atoms with Gasteiger partial charge in [-0.05, 0) is 65.5 Å². The number of aromatic nitrogens is 3. The van der Waals surface area contributed by atoms with Gasteiger partial charge in [0.05, 0.1) is 22.9 Å². The summed E-state index contributed by atoms with van der Waals surface area (Å²) in [6.07, 6.45) is 0. The van der Waals surface area contributed by atoms with Gasteiger partial charge in [-0.2, -0.15) is 57.0 Å². The molecule has 65 heavy (non-hydrogen) atoms. The molecular weight excluding hydrogens is 1020 g/mol. The lowest BCUT2D eigenvalue weighted by Crippen LogP contribution is -2.16. The first-order chi connectivity index (χ1) is 29.8. The molecule has 0 aliphatic rings. The fraction of sp³-hybridized carbons (Fsp3) is 0.0645. The Bertz CT molecular complexity index is 3730. The largest absolute Gasteiger partial charge is 0.505 e. The summed E-state index contributed by atoms with van der Waals surface area (Å²) in [4.78, 5) is 6.41. The van der Waals surface area contributed by atoms with E-state index in [0.29, 0.717) is 12.1 Å². The van der Waals surface area contributed by atoms with E-state index in [1.807, 2.05) is 0 Å². The fourth-order valence-electron chi connectivity index (χ4n) is 5.82. The van der Waals surface area contributed by atoms with Gasteiger partial charge in [0.2, 0.25) is 17.2 Å². The minimum Gasteiger partial charge on any atom is -0.505 e. The summed E-state index contributed by atoms with van der Waals surface area (Å²) in [7, 11) is -30.6. The molecule has 0 unspecified atom stereocenters. The average Bonchev–Trinajstić information content (AvgIpc) is 3.15. The number of halogens is 1. The fourth-order valence-corrected chi connectivity index (χ4v) is 10.4. The van der Waals surface area contributed by atoms with Crippen LogP contribution in [0.15, 0.2) is 101 Å². The Morgan fingerprint density at radius 3 is 1.82 bits per heavy atom. The minimum atomic E-state index is -5.35. The van der Waals surface area contributed by atoms with Crippen molar-refractivity contribution >= 4 is 129 Å². The van der Waals surface area contributed by atoms with Crippen LogP contribution in [-0.2, 0) is 64.9 Å². The van der Waals surface area contributed by atoms with Gasteiger partial charge in [-0.1, -0.05) is 18.2 Å². The Balaban J connectivity index is 1.37. The highest BCUT2D eigenvalue weighted by Crippen LogP contribution is 2.44. The van der Waals surface area contributed by atoms with Crippen LogP contribution < -0.4 is 10.6 Å². The Labute approximate surface area is 370 Å². The highest BCUT2D eigenvalue weighted by atomic mass is 35.5. The number of nitrogens with one attached hydrogen (secondary N) is 2. The maximum absolute atomic E-state index is 12.9. The molecule has 1 heterocycles. The first-order valence-electron chi connectivity index (χ1n) is 16.7. The van der Waals surface area contributed by atoms with E-state index in [1.165, 1.54) is 12.1 Å². The summed E-state index contributed by atoms with van der Waals surface area (Å²) >= 11 is 6.04. The number of nitrogens with zero attached hydrogens (tertiary/aromatic N) is 5. The van der Waals surface area contributed by atoms with E-state index < -0.39 is 149 Å². The van der Waals surface area contributed by atoms with E-state index >= 15 is 0 Å². The van der Waals surface area contributed by atoms with Crippen LogP contribution in [0.25, 0.3) is 21.5 Å². The van der Waals surface area contributed by atoms with Crippen LogP contribution in [0.3, 0.4) is 0 Å². The molecule has 0 saturated heterocycles. The summed E-state index contributed by atoms with van der Waals surface area (Å²) in [5, 5.41) is 32.3. The minimum absolute atomic E-state index is 0.0179. The van der Waals surface area contributed by atoms with Gasteiger partial charge >= 0.3 is 10.4 Å². The van der Waals surface area contributed by atoms with Crippen LogP contribution in [-0.4, -0.2) is 111 Å². The van der Waals surface area contributed by atoms with Gasteiger partial charge in [0.1, 0.15) is 31.0 Å². The van der Waals surface area contributed by atoms with Crippen LogP contribution in [0, 0.1) is 0 Å². The van der Waals surface area contributed by atoms with Crippen molar-refractivity contribution in [3.05, 3.63) is 72.0 Å². The first kappa shape index (κ1) is 48.6. The van der Waals surface area contributed by atoms with E-state index in [2.05, 4.69) is 40.0 Å². The quantitative estimate of drug-likeness (QED) is 0.0402. The molecule has 0 atom stereocenters. The number of hydrogen-bond donors (Lipinski definition) is 9. The van der Waals surface area contributed by atoms with E-state index in [9.17, 15) is 78.9 Å². The molecule has 0 fully saturated rings. The predicted octanol–water partition coefficient (Wildman–Crippen LogP) is 3.73. The summed E-state index contributed by atoms with van der Waals surface area (Å²) in [5.41, 5.74) is -2.46. The SMILES string of the molecule is O=S(=O)(O)OCCS(=O)(=O)c1cc(Nc2nc(Cl)nc(Nc3ccc4c(O)c(/N=N/c5ccc6c(S(=O)(=O)O)cccc6c5S(=O)(=O)O)c(S(=O)(=O)O)cc4c3)n2)c(O)c(S(=O)(=O)O)c1. The maximum atomic E-state index is 12.9. The maximum Gasteiger partial charge on any atom is 0.397 e. The molecule has 0 aliphatic heterocycles. The number of phenolic OH excluding ortho intramolecular Hbond substituents is 2. The number of sulfone groups is 1. The van der Waals surface area contributed by atoms with Gasteiger partial charge in [0.15, 0.2) is 21.3 Å². The molecule has 6 aromatic rings. The number of azo groups is 1. The van der Waals surface area contributed by atoms with Crippen LogP contribution in [0.5, 0.6) is 11.5 Å². The standard InChI is InChI=1S/C31H24ClN7O20S6/c32-29-35-30(37-31(36-29)34-21-12-16(13-24(27(21)41)63(50,51)52)60(42,43)9-8-59-65(56,57)58)33-15-4-5-17-14(10-15)11-23(62(47,48)49)25(26(17)40)39-38-20-7-6-18-19(28(20)64(53,54)55)2-1-3-22(18)61(44,45)46/h1-7,10-13,40-41H,8-9H2,(H,44,45,46)(H,47,48,49)(H,50,51,52)(H,53,54,55)(H,56,57,58)(H2,33,34,35,36,37)/b39-38+. The number of phenols is 2. The van der Waals surface area contributed by atoms with Gasteiger partial charge in [-0.15, -0.1) is 10.2 Å². The summed E-state index contributed by atoms with van der Waals surface area (Å²) < 4.78 is 198. The first-order valence-corrected chi connectivity index (χ1v) is 25.8. The Hall–Kier alpha value is -5.82. The third kappa shape index (κ3) is 11.0. The molecule has 1 aromatic heterocycles. The molecule has 0 bridgehead atoms. The lowest BCUT2D eigenvalue weighted by molar-refractivity contribution is 0.284. The van der Waals surface area contributed by atoms with Crippen molar-refractivity contribution in [1.29, 1.82) is 0 Å². The summed E-state index contributed by atoms with van der Waals surface area (Å²) in [6, 6.07) is 10.2. The molecule has 346 valence electrons. The second kappa shape index (κ2) is 17.2. The zero-order valence-electron chi connectivity index (χ0n) is 31.3. The number of anilines is 4. The zero-order valence-corrected chi connectivity index (χ0v) is 36.9. The molecule has 6 rings (SSSR count). The van der Waals surface area contributed by atoms with Crippen LogP contribution >= 0.6 is 11.6 Å². The molecule has 0 radical (unpaired) electrons. The highest BCUT2D eigenvalue weighted by Gasteiger charge is 2.28. The molecule has 5 aromatic carbocycles. The smallest absolute Gasteiger partial charge is 0.397 e. The molecular formula is C31H24ClN7O20S6. The van der Waals surface area contributed by atoms with Crippen LogP contribution in [0.2, 0.25) is 5.28 Å². The van der Waals surface area contributed by atoms with Crippen LogP contribution in [0.4, 0.5) is 34.6 Å². The predicted molar refractivity (Wildman–Crippen MR) is 222 cm³/mol. The monoisotopic (exact) mass is 1040 g/mol. The van der Waals surface area contributed by atoms with Gasteiger partial charge in [-0.25, -0.2) is 12.6 Å². The molecule has 27 nitrogen and oxygen atoms in total.